The molecule has 0 amide bonds. The molecule has 0 saturated heterocycles. The number of rotatable bonds is 4. The lowest BCUT2D eigenvalue weighted by atomic mass is 10.4. The summed E-state index contributed by atoms with van der Waals surface area (Å²) in [4.78, 5) is 12.3. The van der Waals surface area contributed by atoms with Crippen molar-refractivity contribution in [3.8, 4) is 0 Å². The second-order valence-electron chi connectivity index (χ2n) is 4.13. The van der Waals surface area contributed by atoms with Gasteiger partial charge in [0.1, 0.15) is 12.1 Å². The van der Waals surface area contributed by atoms with E-state index >= 15 is 0 Å². The third kappa shape index (κ3) is 2.60. The van der Waals surface area contributed by atoms with Gasteiger partial charge >= 0.3 is 0 Å². The molecule has 3 rings (SSSR count). The molecular weight excluding hydrogens is 345 g/mol. The standard InChI is InChI=1S/C12H12IN3S/c13-11-6-14-8-15-12(11)16(9-3-4-9)7-10-2-1-5-17-10/h1-2,5-6,8-9H,3-4,7H2. The van der Waals surface area contributed by atoms with Crippen LogP contribution in [0.3, 0.4) is 0 Å². The minimum Gasteiger partial charge on any atom is -0.348 e. The minimum absolute atomic E-state index is 0.667. The van der Waals surface area contributed by atoms with E-state index in [0.717, 1.165) is 15.9 Å². The van der Waals surface area contributed by atoms with Crippen LogP contribution in [0.5, 0.6) is 0 Å². The zero-order valence-corrected chi connectivity index (χ0v) is 12.2. The predicted octanol–water partition coefficient (Wildman–Crippen LogP) is 3.31. The summed E-state index contributed by atoms with van der Waals surface area (Å²) in [5, 5.41) is 2.13. The molecule has 2 aromatic rings. The van der Waals surface area contributed by atoms with Crippen molar-refractivity contribution in [3.05, 3.63) is 38.5 Å². The van der Waals surface area contributed by atoms with Gasteiger partial charge in [-0.25, -0.2) is 9.97 Å². The van der Waals surface area contributed by atoms with Crippen LogP contribution >= 0.6 is 33.9 Å². The highest BCUT2D eigenvalue weighted by Crippen LogP contribution is 2.34. The zero-order valence-electron chi connectivity index (χ0n) is 9.21. The van der Waals surface area contributed by atoms with Gasteiger partial charge in [-0.3, -0.25) is 0 Å². The van der Waals surface area contributed by atoms with Gasteiger partial charge in [-0.1, -0.05) is 6.07 Å². The Morgan fingerprint density at radius 1 is 1.47 bits per heavy atom. The third-order valence-electron chi connectivity index (χ3n) is 2.81. The Morgan fingerprint density at radius 2 is 2.35 bits per heavy atom. The molecule has 1 fully saturated rings. The fourth-order valence-electron chi connectivity index (χ4n) is 1.85. The second kappa shape index (κ2) is 4.89. The maximum Gasteiger partial charge on any atom is 0.146 e. The Bertz CT molecular complexity index is 496. The first-order valence-electron chi connectivity index (χ1n) is 5.59. The fourth-order valence-corrected chi connectivity index (χ4v) is 3.16. The van der Waals surface area contributed by atoms with Crippen LogP contribution in [-0.4, -0.2) is 16.0 Å². The smallest absolute Gasteiger partial charge is 0.146 e. The Kier molecular flexibility index (Phi) is 3.28. The van der Waals surface area contributed by atoms with Gasteiger partial charge in [-0.2, -0.15) is 0 Å². The highest BCUT2D eigenvalue weighted by molar-refractivity contribution is 14.1. The lowest BCUT2D eigenvalue weighted by molar-refractivity contribution is 0.780. The molecule has 3 nitrogen and oxygen atoms in total. The Balaban J connectivity index is 1.88. The molecule has 2 aromatic heterocycles. The van der Waals surface area contributed by atoms with Crippen molar-refractivity contribution in [2.24, 2.45) is 0 Å². The first-order chi connectivity index (χ1) is 8.34. The number of nitrogens with zero attached hydrogens (tertiary/aromatic N) is 3. The fraction of sp³-hybridized carbons (Fsp3) is 0.333. The van der Waals surface area contributed by atoms with Crippen LogP contribution in [0.4, 0.5) is 5.82 Å². The first kappa shape index (κ1) is 11.4. The SMILES string of the molecule is Ic1cncnc1N(Cc1cccs1)C1CC1. The van der Waals surface area contributed by atoms with Crippen molar-refractivity contribution in [1.82, 2.24) is 9.97 Å². The molecule has 0 spiro atoms. The number of thiophene rings is 1. The van der Waals surface area contributed by atoms with Gasteiger partial charge in [-0.15, -0.1) is 11.3 Å². The van der Waals surface area contributed by atoms with Crippen LogP contribution in [0.2, 0.25) is 0 Å². The van der Waals surface area contributed by atoms with Crippen molar-refractivity contribution in [3.63, 3.8) is 0 Å². The second-order valence-corrected chi connectivity index (χ2v) is 6.33. The number of hydrogen-bond acceptors (Lipinski definition) is 4. The van der Waals surface area contributed by atoms with E-state index in [9.17, 15) is 0 Å². The van der Waals surface area contributed by atoms with Crippen molar-refractivity contribution >= 4 is 39.7 Å². The summed E-state index contributed by atoms with van der Waals surface area (Å²) >= 11 is 4.12. The highest BCUT2D eigenvalue weighted by Gasteiger charge is 2.31. The molecule has 0 N–H and O–H groups in total. The average Bonchev–Trinajstić information content (AvgIpc) is 3.05. The molecular formula is C12H12IN3S. The lowest BCUT2D eigenvalue weighted by Crippen LogP contribution is -2.26. The maximum atomic E-state index is 4.43. The number of anilines is 1. The quantitative estimate of drug-likeness (QED) is 0.787. The summed E-state index contributed by atoms with van der Waals surface area (Å²) < 4.78 is 1.13. The molecule has 0 aromatic carbocycles. The molecule has 88 valence electrons. The van der Waals surface area contributed by atoms with Crippen LogP contribution in [0.15, 0.2) is 30.0 Å². The molecule has 0 aliphatic heterocycles. The number of hydrogen-bond donors (Lipinski definition) is 0. The van der Waals surface area contributed by atoms with Gasteiger partial charge in [0.25, 0.3) is 0 Å². The van der Waals surface area contributed by atoms with E-state index in [1.807, 2.05) is 17.5 Å². The van der Waals surface area contributed by atoms with Gasteiger partial charge in [0.2, 0.25) is 0 Å². The van der Waals surface area contributed by atoms with Crippen molar-refractivity contribution in [2.45, 2.75) is 25.4 Å². The van der Waals surface area contributed by atoms with Gasteiger partial charge < -0.3 is 4.90 Å². The molecule has 0 atom stereocenters. The Labute approximate surface area is 118 Å². The van der Waals surface area contributed by atoms with Crippen molar-refractivity contribution in [1.29, 1.82) is 0 Å². The van der Waals surface area contributed by atoms with E-state index in [0.29, 0.717) is 6.04 Å². The van der Waals surface area contributed by atoms with E-state index in [2.05, 4.69) is 55.0 Å². The molecule has 0 radical (unpaired) electrons. The summed E-state index contributed by atoms with van der Waals surface area (Å²) in [6.07, 6.45) is 6.09. The third-order valence-corrected chi connectivity index (χ3v) is 4.44. The predicted molar refractivity (Wildman–Crippen MR) is 78.3 cm³/mol. The molecule has 0 unspecified atom stereocenters. The van der Waals surface area contributed by atoms with Crippen molar-refractivity contribution < 1.29 is 0 Å². The van der Waals surface area contributed by atoms with Crippen molar-refractivity contribution in [2.75, 3.05) is 4.90 Å². The van der Waals surface area contributed by atoms with Crippen LogP contribution in [0.1, 0.15) is 17.7 Å². The normalized spacial score (nSPS) is 14.9. The van der Waals surface area contributed by atoms with E-state index in [-0.39, 0.29) is 0 Å². The van der Waals surface area contributed by atoms with Gasteiger partial charge in [0.15, 0.2) is 0 Å². The molecule has 0 bridgehead atoms. The molecule has 2 heterocycles. The maximum absolute atomic E-state index is 4.43. The summed E-state index contributed by atoms with van der Waals surface area (Å²) in [7, 11) is 0. The first-order valence-corrected chi connectivity index (χ1v) is 7.55. The molecule has 5 heteroatoms. The lowest BCUT2D eigenvalue weighted by Gasteiger charge is -2.23. The molecule has 1 aliphatic rings. The van der Waals surface area contributed by atoms with E-state index < -0.39 is 0 Å². The van der Waals surface area contributed by atoms with Crippen LogP contribution < -0.4 is 4.90 Å². The Hall–Kier alpha value is -0.690. The van der Waals surface area contributed by atoms with E-state index in [1.165, 1.54) is 17.7 Å². The molecule has 1 aliphatic carbocycles. The van der Waals surface area contributed by atoms with Gasteiger partial charge in [0, 0.05) is 17.1 Å². The zero-order chi connectivity index (χ0) is 11.7. The summed E-state index contributed by atoms with van der Waals surface area (Å²) in [6, 6.07) is 4.96. The Morgan fingerprint density at radius 3 is 3.00 bits per heavy atom. The minimum atomic E-state index is 0.667. The molecule has 1 saturated carbocycles. The summed E-state index contributed by atoms with van der Waals surface area (Å²) in [5.74, 6) is 1.08. The average molecular weight is 357 g/mol. The van der Waals surface area contributed by atoms with E-state index in [1.54, 1.807) is 6.33 Å². The van der Waals surface area contributed by atoms with Crippen LogP contribution in [0, 0.1) is 3.57 Å². The summed E-state index contributed by atoms with van der Waals surface area (Å²) in [6.45, 7) is 0.968. The number of aromatic nitrogens is 2. The monoisotopic (exact) mass is 357 g/mol. The molecule has 17 heavy (non-hydrogen) atoms. The van der Waals surface area contributed by atoms with Gasteiger partial charge in [-0.05, 0) is 46.9 Å². The van der Waals surface area contributed by atoms with E-state index in [4.69, 9.17) is 0 Å². The topological polar surface area (TPSA) is 29.0 Å². The van der Waals surface area contributed by atoms with Crippen LogP contribution in [-0.2, 0) is 6.54 Å². The number of halogens is 1. The van der Waals surface area contributed by atoms with Gasteiger partial charge in [0.05, 0.1) is 10.1 Å². The highest BCUT2D eigenvalue weighted by atomic mass is 127. The van der Waals surface area contributed by atoms with Crippen LogP contribution in [0.25, 0.3) is 0 Å². The largest absolute Gasteiger partial charge is 0.348 e. The summed E-state index contributed by atoms with van der Waals surface area (Å²) in [5.41, 5.74) is 0.